The molecule has 0 unspecified atom stereocenters. The van der Waals surface area contributed by atoms with Gasteiger partial charge in [-0.3, -0.25) is 4.90 Å². The van der Waals surface area contributed by atoms with Crippen LogP contribution in [0.2, 0.25) is 0 Å². The van der Waals surface area contributed by atoms with Crippen LogP contribution in [0.1, 0.15) is 44.4 Å². The van der Waals surface area contributed by atoms with Crippen LogP contribution in [0, 0.1) is 6.92 Å². The summed E-state index contributed by atoms with van der Waals surface area (Å²) in [5.41, 5.74) is 8.55. The molecule has 0 spiro atoms. The van der Waals surface area contributed by atoms with Gasteiger partial charge in [0.15, 0.2) is 0 Å². The van der Waals surface area contributed by atoms with Gasteiger partial charge in [0.05, 0.1) is 0 Å². The van der Waals surface area contributed by atoms with E-state index in [4.69, 9.17) is 5.73 Å². The summed E-state index contributed by atoms with van der Waals surface area (Å²) >= 11 is 0. The first kappa shape index (κ1) is 15.3. The minimum Gasteiger partial charge on any atom is -0.354 e. The molecule has 1 aromatic heterocycles. The fourth-order valence-electron chi connectivity index (χ4n) is 2.80. The number of nitrogens with zero attached hydrogens (tertiary/aromatic N) is 3. The molecule has 1 atom stereocenters. The van der Waals surface area contributed by atoms with Crippen LogP contribution in [0.25, 0.3) is 0 Å². The first-order chi connectivity index (χ1) is 9.52. The minimum absolute atomic E-state index is 0.106. The number of rotatable bonds is 4. The molecule has 112 valence electrons. The minimum atomic E-state index is 0.106. The molecular weight excluding hydrogens is 248 g/mol. The van der Waals surface area contributed by atoms with Gasteiger partial charge in [0, 0.05) is 44.5 Å². The topological polar surface area (TPSA) is 45.4 Å². The molecule has 1 aliphatic rings. The number of hydrogen-bond donors (Lipinski definition) is 1. The van der Waals surface area contributed by atoms with Crippen molar-refractivity contribution in [3.63, 3.8) is 0 Å². The number of aromatic nitrogens is 1. The van der Waals surface area contributed by atoms with Crippen molar-refractivity contribution in [3.05, 3.63) is 23.4 Å². The quantitative estimate of drug-likeness (QED) is 0.917. The molecule has 1 saturated heterocycles. The largest absolute Gasteiger partial charge is 0.354 e. The van der Waals surface area contributed by atoms with Gasteiger partial charge in [0.1, 0.15) is 5.82 Å². The van der Waals surface area contributed by atoms with Gasteiger partial charge in [0.2, 0.25) is 0 Å². The highest BCUT2D eigenvalue weighted by Gasteiger charge is 2.20. The lowest BCUT2D eigenvalue weighted by Crippen LogP contribution is -2.49. The Hall–Kier alpha value is -1.13. The Balaban J connectivity index is 2.06. The van der Waals surface area contributed by atoms with Crippen LogP contribution >= 0.6 is 0 Å². The second-order valence-corrected chi connectivity index (χ2v) is 6.03. The first-order valence-corrected chi connectivity index (χ1v) is 7.74. The molecule has 0 aromatic carbocycles. The van der Waals surface area contributed by atoms with Crippen LogP contribution < -0.4 is 10.6 Å². The molecule has 2 N–H and O–H groups in total. The summed E-state index contributed by atoms with van der Waals surface area (Å²) in [6, 6.07) is 2.93. The Morgan fingerprint density at radius 2 is 1.90 bits per heavy atom. The van der Waals surface area contributed by atoms with Gasteiger partial charge in [-0.05, 0) is 44.4 Å². The summed E-state index contributed by atoms with van der Waals surface area (Å²) in [6.45, 7) is 13.1. The Kier molecular flexibility index (Phi) is 5.00. The van der Waals surface area contributed by atoms with Gasteiger partial charge in [-0.1, -0.05) is 6.92 Å². The molecule has 0 bridgehead atoms. The van der Waals surface area contributed by atoms with E-state index in [1.54, 1.807) is 0 Å². The number of pyridine rings is 1. The Morgan fingerprint density at radius 1 is 1.25 bits per heavy atom. The summed E-state index contributed by atoms with van der Waals surface area (Å²) in [7, 11) is 0. The van der Waals surface area contributed by atoms with E-state index in [-0.39, 0.29) is 6.04 Å². The smallest absolute Gasteiger partial charge is 0.128 e. The molecular formula is C16H28N4. The summed E-state index contributed by atoms with van der Waals surface area (Å²) in [5, 5.41) is 0. The van der Waals surface area contributed by atoms with Gasteiger partial charge in [-0.25, -0.2) is 4.98 Å². The zero-order valence-electron chi connectivity index (χ0n) is 13.3. The molecule has 1 fully saturated rings. The van der Waals surface area contributed by atoms with E-state index < -0.39 is 0 Å². The lowest BCUT2D eigenvalue weighted by atomic mass is 10.0. The van der Waals surface area contributed by atoms with Crippen LogP contribution in [0.15, 0.2) is 12.3 Å². The predicted octanol–water partition coefficient (Wildman–Crippen LogP) is 2.33. The van der Waals surface area contributed by atoms with Gasteiger partial charge < -0.3 is 10.6 Å². The summed E-state index contributed by atoms with van der Waals surface area (Å²) in [4.78, 5) is 9.53. The van der Waals surface area contributed by atoms with Crippen LogP contribution in [0.5, 0.6) is 0 Å². The fourth-order valence-corrected chi connectivity index (χ4v) is 2.80. The van der Waals surface area contributed by atoms with Crippen molar-refractivity contribution < 1.29 is 0 Å². The number of aryl methyl sites for hydroxylation is 1. The second-order valence-electron chi connectivity index (χ2n) is 6.03. The van der Waals surface area contributed by atoms with E-state index in [1.165, 1.54) is 11.1 Å². The van der Waals surface area contributed by atoms with Gasteiger partial charge in [-0.2, -0.15) is 0 Å². The van der Waals surface area contributed by atoms with E-state index in [1.807, 2.05) is 6.20 Å². The average Bonchev–Trinajstić information content (AvgIpc) is 2.46. The number of nitrogens with two attached hydrogens (primary N) is 1. The normalized spacial score (nSPS) is 18.6. The molecule has 20 heavy (non-hydrogen) atoms. The molecule has 2 heterocycles. The molecule has 0 saturated carbocycles. The maximum atomic E-state index is 6.11. The number of hydrogen-bond acceptors (Lipinski definition) is 4. The van der Waals surface area contributed by atoms with Crippen LogP contribution in [-0.2, 0) is 0 Å². The maximum absolute atomic E-state index is 6.11. The van der Waals surface area contributed by atoms with Crippen molar-refractivity contribution in [2.24, 2.45) is 5.73 Å². The van der Waals surface area contributed by atoms with Crippen molar-refractivity contribution in [1.82, 2.24) is 9.88 Å². The van der Waals surface area contributed by atoms with Crippen molar-refractivity contribution >= 4 is 5.82 Å². The van der Waals surface area contributed by atoms with Gasteiger partial charge >= 0.3 is 0 Å². The van der Waals surface area contributed by atoms with Gasteiger partial charge in [-0.15, -0.1) is 0 Å². The summed E-state index contributed by atoms with van der Waals surface area (Å²) in [6.07, 6.45) is 2.92. The SMILES string of the molecule is CC[C@@H](N)c1cnc(N2CCN(C(C)C)CC2)cc1C. The van der Waals surface area contributed by atoms with Crippen LogP contribution in [0.4, 0.5) is 5.82 Å². The Bertz CT molecular complexity index is 436. The third-order valence-corrected chi connectivity index (χ3v) is 4.34. The highest BCUT2D eigenvalue weighted by atomic mass is 15.3. The third kappa shape index (κ3) is 3.30. The van der Waals surface area contributed by atoms with Crippen molar-refractivity contribution in [1.29, 1.82) is 0 Å². The lowest BCUT2D eigenvalue weighted by Gasteiger charge is -2.37. The van der Waals surface area contributed by atoms with E-state index >= 15 is 0 Å². The van der Waals surface area contributed by atoms with E-state index in [0.29, 0.717) is 6.04 Å². The molecule has 1 aliphatic heterocycles. The predicted molar refractivity (Wildman–Crippen MR) is 85.1 cm³/mol. The number of anilines is 1. The van der Waals surface area contributed by atoms with E-state index in [0.717, 1.165) is 38.4 Å². The highest BCUT2D eigenvalue weighted by molar-refractivity contribution is 5.44. The van der Waals surface area contributed by atoms with Crippen molar-refractivity contribution in [3.8, 4) is 0 Å². The van der Waals surface area contributed by atoms with E-state index in [9.17, 15) is 0 Å². The molecule has 4 nitrogen and oxygen atoms in total. The molecule has 0 radical (unpaired) electrons. The lowest BCUT2D eigenvalue weighted by molar-refractivity contribution is 0.209. The standard InChI is InChI=1S/C16H28N4/c1-5-15(17)14-11-18-16(10-13(14)4)20-8-6-19(7-9-20)12(2)3/h10-12,15H,5-9,17H2,1-4H3/t15-/m1/s1. The molecule has 1 aromatic rings. The number of piperazine rings is 1. The zero-order valence-corrected chi connectivity index (χ0v) is 13.3. The Morgan fingerprint density at radius 3 is 2.40 bits per heavy atom. The van der Waals surface area contributed by atoms with E-state index in [2.05, 4.69) is 48.5 Å². The second kappa shape index (κ2) is 6.55. The zero-order chi connectivity index (χ0) is 14.7. The monoisotopic (exact) mass is 276 g/mol. The molecule has 0 aliphatic carbocycles. The fraction of sp³-hybridized carbons (Fsp3) is 0.688. The average molecular weight is 276 g/mol. The molecule has 2 rings (SSSR count). The van der Waals surface area contributed by atoms with Crippen molar-refractivity contribution in [2.45, 2.75) is 46.2 Å². The Labute approximate surface area is 123 Å². The first-order valence-electron chi connectivity index (χ1n) is 7.74. The summed E-state index contributed by atoms with van der Waals surface area (Å²) in [5.74, 6) is 1.10. The van der Waals surface area contributed by atoms with Crippen LogP contribution in [-0.4, -0.2) is 42.1 Å². The highest BCUT2D eigenvalue weighted by Crippen LogP contribution is 2.22. The third-order valence-electron chi connectivity index (χ3n) is 4.34. The molecule has 0 amide bonds. The maximum Gasteiger partial charge on any atom is 0.128 e. The molecule has 4 heteroatoms. The van der Waals surface area contributed by atoms with Crippen molar-refractivity contribution in [2.75, 3.05) is 31.1 Å². The summed E-state index contributed by atoms with van der Waals surface area (Å²) < 4.78 is 0. The van der Waals surface area contributed by atoms with Gasteiger partial charge in [0.25, 0.3) is 0 Å². The van der Waals surface area contributed by atoms with Crippen LogP contribution in [0.3, 0.4) is 0 Å².